The van der Waals surface area contributed by atoms with Crippen LogP contribution in [0.1, 0.15) is 23.4 Å². The van der Waals surface area contributed by atoms with Crippen molar-refractivity contribution in [1.82, 2.24) is 10.3 Å². The zero-order valence-electron chi connectivity index (χ0n) is 8.98. The van der Waals surface area contributed by atoms with E-state index in [2.05, 4.69) is 23.3 Å². The Morgan fingerprint density at radius 3 is 2.62 bits per heavy atom. The molecule has 1 unspecified atom stereocenters. The monoisotopic (exact) mass is 252 g/mol. The molecule has 0 saturated carbocycles. The van der Waals surface area contributed by atoms with Crippen LogP contribution in [-0.4, -0.2) is 11.5 Å². The minimum absolute atomic E-state index is 0.213. The number of hydrogen-bond donors (Lipinski definition) is 1. The highest BCUT2D eigenvalue weighted by atomic mass is 35.5. The number of thiophene rings is 1. The fourth-order valence-corrected chi connectivity index (χ4v) is 2.79. The summed E-state index contributed by atoms with van der Waals surface area (Å²) in [7, 11) is 0. The average molecular weight is 253 g/mol. The molecular formula is C12H13ClN2S. The number of nitrogens with zero attached hydrogens (tertiary/aromatic N) is 1. The van der Waals surface area contributed by atoms with Gasteiger partial charge in [0.05, 0.1) is 10.4 Å². The predicted octanol–water partition coefficient (Wildman–Crippen LogP) is 3.50. The Morgan fingerprint density at radius 2 is 2.06 bits per heavy atom. The number of hydrogen-bond acceptors (Lipinski definition) is 3. The third kappa shape index (κ3) is 2.61. The van der Waals surface area contributed by atoms with Gasteiger partial charge in [-0.05, 0) is 36.4 Å². The van der Waals surface area contributed by atoms with Crippen LogP contribution in [0.2, 0.25) is 4.34 Å². The number of rotatable bonds is 4. The van der Waals surface area contributed by atoms with E-state index in [1.165, 1.54) is 10.4 Å². The van der Waals surface area contributed by atoms with Crippen LogP contribution in [0, 0.1) is 0 Å². The second kappa shape index (κ2) is 5.43. The van der Waals surface area contributed by atoms with Gasteiger partial charge in [-0.3, -0.25) is 4.98 Å². The van der Waals surface area contributed by atoms with Gasteiger partial charge in [0.25, 0.3) is 0 Å². The van der Waals surface area contributed by atoms with Gasteiger partial charge in [-0.25, -0.2) is 0 Å². The molecule has 2 heterocycles. The number of pyridine rings is 1. The summed E-state index contributed by atoms with van der Waals surface area (Å²) in [5.74, 6) is 0. The van der Waals surface area contributed by atoms with Crippen LogP contribution in [-0.2, 0) is 0 Å². The zero-order chi connectivity index (χ0) is 11.4. The van der Waals surface area contributed by atoms with E-state index in [4.69, 9.17) is 11.6 Å². The van der Waals surface area contributed by atoms with Gasteiger partial charge in [0.2, 0.25) is 0 Å². The lowest BCUT2D eigenvalue weighted by molar-refractivity contribution is 0.639. The van der Waals surface area contributed by atoms with Crippen molar-refractivity contribution >= 4 is 22.9 Å². The Kier molecular flexibility index (Phi) is 3.93. The van der Waals surface area contributed by atoms with Crippen molar-refractivity contribution in [2.75, 3.05) is 6.54 Å². The van der Waals surface area contributed by atoms with Crippen LogP contribution in [0.15, 0.2) is 36.7 Å². The SMILES string of the molecule is CCNC(c1ccncc1)c1ccc(Cl)s1. The van der Waals surface area contributed by atoms with E-state index in [0.717, 1.165) is 10.9 Å². The number of halogens is 1. The topological polar surface area (TPSA) is 24.9 Å². The molecular weight excluding hydrogens is 240 g/mol. The summed E-state index contributed by atoms with van der Waals surface area (Å²) in [5, 5.41) is 3.45. The maximum Gasteiger partial charge on any atom is 0.0931 e. The van der Waals surface area contributed by atoms with Crippen molar-refractivity contribution in [2.45, 2.75) is 13.0 Å². The van der Waals surface area contributed by atoms with Gasteiger partial charge in [0.1, 0.15) is 0 Å². The Morgan fingerprint density at radius 1 is 1.31 bits per heavy atom. The van der Waals surface area contributed by atoms with E-state index < -0.39 is 0 Å². The minimum Gasteiger partial charge on any atom is -0.306 e. The molecule has 0 aliphatic heterocycles. The Bertz CT molecular complexity index is 441. The summed E-state index contributed by atoms with van der Waals surface area (Å²) in [5.41, 5.74) is 1.22. The zero-order valence-corrected chi connectivity index (χ0v) is 10.6. The van der Waals surface area contributed by atoms with Crippen molar-refractivity contribution in [3.8, 4) is 0 Å². The lowest BCUT2D eigenvalue weighted by Gasteiger charge is -2.16. The van der Waals surface area contributed by atoms with Crippen molar-refractivity contribution in [3.05, 3.63) is 51.4 Å². The van der Waals surface area contributed by atoms with Gasteiger partial charge in [-0.15, -0.1) is 11.3 Å². The molecule has 16 heavy (non-hydrogen) atoms. The molecule has 0 amide bonds. The van der Waals surface area contributed by atoms with Crippen LogP contribution in [0.4, 0.5) is 0 Å². The number of nitrogens with one attached hydrogen (secondary N) is 1. The van der Waals surface area contributed by atoms with Crippen molar-refractivity contribution in [3.63, 3.8) is 0 Å². The predicted molar refractivity (Wildman–Crippen MR) is 69.1 cm³/mol. The molecule has 1 atom stereocenters. The summed E-state index contributed by atoms with van der Waals surface area (Å²) in [6.45, 7) is 3.02. The lowest BCUT2D eigenvalue weighted by atomic mass is 10.1. The quantitative estimate of drug-likeness (QED) is 0.901. The second-order valence-corrected chi connectivity index (χ2v) is 5.16. The highest BCUT2D eigenvalue weighted by Gasteiger charge is 2.14. The van der Waals surface area contributed by atoms with Crippen LogP contribution in [0.3, 0.4) is 0 Å². The van der Waals surface area contributed by atoms with E-state index in [-0.39, 0.29) is 6.04 Å². The standard InChI is InChI=1S/C12H13ClN2S/c1-2-15-12(9-5-7-14-8-6-9)10-3-4-11(13)16-10/h3-8,12,15H,2H2,1H3. The van der Waals surface area contributed by atoms with Crippen molar-refractivity contribution in [1.29, 1.82) is 0 Å². The molecule has 2 rings (SSSR count). The second-order valence-electron chi connectivity index (χ2n) is 3.41. The normalized spacial score (nSPS) is 12.6. The Hall–Kier alpha value is -0.900. The molecule has 0 aromatic carbocycles. The van der Waals surface area contributed by atoms with Crippen LogP contribution in [0.25, 0.3) is 0 Å². The van der Waals surface area contributed by atoms with Gasteiger partial charge in [-0.2, -0.15) is 0 Å². The molecule has 1 N–H and O–H groups in total. The molecule has 4 heteroatoms. The third-order valence-corrected chi connectivity index (χ3v) is 3.62. The summed E-state index contributed by atoms with van der Waals surface area (Å²) in [6.07, 6.45) is 3.63. The first-order chi connectivity index (χ1) is 7.81. The molecule has 0 radical (unpaired) electrons. The first-order valence-corrected chi connectivity index (χ1v) is 6.39. The van der Waals surface area contributed by atoms with E-state index in [0.29, 0.717) is 0 Å². The number of aromatic nitrogens is 1. The molecule has 84 valence electrons. The first kappa shape index (κ1) is 11.6. The van der Waals surface area contributed by atoms with Gasteiger partial charge in [0, 0.05) is 17.3 Å². The molecule has 0 spiro atoms. The Labute approximate surface area is 104 Å². The minimum atomic E-state index is 0.213. The lowest BCUT2D eigenvalue weighted by Crippen LogP contribution is -2.20. The van der Waals surface area contributed by atoms with E-state index in [9.17, 15) is 0 Å². The molecule has 0 aliphatic carbocycles. The third-order valence-electron chi connectivity index (χ3n) is 2.33. The van der Waals surface area contributed by atoms with E-state index in [1.54, 1.807) is 11.3 Å². The molecule has 0 bridgehead atoms. The molecule has 2 aromatic rings. The smallest absolute Gasteiger partial charge is 0.0931 e. The molecule has 0 fully saturated rings. The fourth-order valence-electron chi connectivity index (χ4n) is 1.63. The maximum atomic E-state index is 5.97. The summed E-state index contributed by atoms with van der Waals surface area (Å²) in [6, 6.07) is 8.28. The van der Waals surface area contributed by atoms with Crippen LogP contribution in [0.5, 0.6) is 0 Å². The fraction of sp³-hybridized carbons (Fsp3) is 0.250. The Balaban J connectivity index is 2.31. The van der Waals surface area contributed by atoms with E-state index in [1.807, 2.05) is 30.6 Å². The maximum absolute atomic E-state index is 5.97. The van der Waals surface area contributed by atoms with Gasteiger partial charge >= 0.3 is 0 Å². The van der Waals surface area contributed by atoms with Gasteiger partial charge in [0.15, 0.2) is 0 Å². The van der Waals surface area contributed by atoms with Crippen LogP contribution >= 0.6 is 22.9 Å². The average Bonchev–Trinajstić information content (AvgIpc) is 2.74. The highest BCUT2D eigenvalue weighted by molar-refractivity contribution is 7.16. The first-order valence-electron chi connectivity index (χ1n) is 5.20. The molecule has 0 saturated heterocycles. The largest absolute Gasteiger partial charge is 0.306 e. The van der Waals surface area contributed by atoms with Gasteiger partial charge in [-0.1, -0.05) is 18.5 Å². The van der Waals surface area contributed by atoms with Crippen molar-refractivity contribution < 1.29 is 0 Å². The molecule has 0 aliphatic rings. The molecule has 2 aromatic heterocycles. The summed E-state index contributed by atoms with van der Waals surface area (Å²) in [4.78, 5) is 5.27. The molecule has 2 nitrogen and oxygen atoms in total. The van der Waals surface area contributed by atoms with Crippen LogP contribution < -0.4 is 5.32 Å². The summed E-state index contributed by atoms with van der Waals surface area (Å²) >= 11 is 7.58. The highest BCUT2D eigenvalue weighted by Crippen LogP contribution is 2.30. The van der Waals surface area contributed by atoms with E-state index >= 15 is 0 Å². The van der Waals surface area contributed by atoms with Gasteiger partial charge < -0.3 is 5.32 Å². The summed E-state index contributed by atoms with van der Waals surface area (Å²) < 4.78 is 0.826. The van der Waals surface area contributed by atoms with Crippen molar-refractivity contribution in [2.24, 2.45) is 0 Å².